The number of piperazine rings is 1. The van der Waals surface area contributed by atoms with Crippen LogP contribution in [0.3, 0.4) is 0 Å². The molecule has 0 spiro atoms. The summed E-state index contributed by atoms with van der Waals surface area (Å²) in [6.45, 7) is 1.92. The predicted octanol–water partition coefficient (Wildman–Crippen LogP) is 0.654. The fourth-order valence-electron chi connectivity index (χ4n) is 3.10. The number of hydrogen-bond donors (Lipinski definition) is 1. The lowest BCUT2D eigenvalue weighted by Gasteiger charge is -2.34. The number of rotatable bonds is 6. The van der Waals surface area contributed by atoms with Gasteiger partial charge in [-0.25, -0.2) is 0 Å². The largest absolute Gasteiger partial charge is 0.347 e. The fraction of sp³-hybridized carbons (Fsp3) is 0.333. The molecule has 1 aromatic heterocycles. The third-order valence-corrected chi connectivity index (χ3v) is 4.69. The molecule has 1 aromatic carbocycles. The van der Waals surface area contributed by atoms with Crippen LogP contribution in [0.2, 0.25) is 0 Å². The summed E-state index contributed by atoms with van der Waals surface area (Å²) in [7, 11) is 0. The maximum atomic E-state index is 12.4. The van der Waals surface area contributed by atoms with Gasteiger partial charge < -0.3 is 15.1 Å². The monoisotopic (exact) mass is 380 g/mol. The second-order valence-electron chi connectivity index (χ2n) is 6.70. The quantitative estimate of drug-likeness (QED) is 0.798. The van der Waals surface area contributed by atoms with Gasteiger partial charge in [0.25, 0.3) is 0 Å². The van der Waals surface area contributed by atoms with Crippen molar-refractivity contribution in [1.29, 1.82) is 0 Å². The van der Waals surface area contributed by atoms with Crippen LogP contribution in [0.15, 0.2) is 54.7 Å². The average Bonchev–Trinajstić information content (AvgIpc) is 2.73. The molecule has 0 bridgehead atoms. The highest BCUT2D eigenvalue weighted by atomic mass is 16.2. The first-order valence-corrected chi connectivity index (χ1v) is 9.38. The van der Waals surface area contributed by atoms with E-state index in [4.69, 9.17) is 0 Å². The van der Waals surface area contributed by atoms with Gasteiger partial charge in [0.15, 0.2) is 0 Å². The zero-order valence-electron chi connectivity index (χ0n) is 15.7. The van der Waals surface area contributed by atoms with E-state index in [9.17, 15) is 14.4 Å². The molecule has 2 heterocycles. The molecule has 146 valence electrons. The van der Waals surface area contributed by atoms with Crippen molar-refractivity contribution in [3.63, 3.8) is 0 Å². The van der Waals surface area contributed by atoms with Crippen molar-refractivity contribution >= 4 is 17.7 Å². The Balaban J connectivity index is 1.38. The van der Waals surface area contributed by atoms with Crippen molar-refractivity contribution < 1.29 is 14.4 Å². The molecule has 0 radical (unpaired) electrons. The fourth-order valence-corrected chi connectivity index (χ4v) is 3.10. The minimum atomic E-state index is -0.177. The maximum Gasteiger partial charge on any atom is 0.242 e. The van der Waals surface area contributed by atoms with Gasteiger partial charge >= 0.3 is 0 Å². The van der Waals surface area contributed by atoms with E-state index in [1.54, 1.807) is 16.0 Å². The first-order valence-electron chi connectivity index (χ1n) is 9.38. The van der Waals surface area contributed by atoms with Gasteiger partial charge in [-0.1, -0.05) is 36.4 Å². The van der Waals surface area contributed by atoms with E-state index in [1.807, 2.05) is 48.5 Å². The smallest absolute Gasteiger partial charge is 0.242 e. The molecule has 0 atom stereocenters. The molecule has 7 nitrogen and oxygen atoms in total. The summed E-state index contributed by atoms with van der Waals surface area (Å²) in [4.78, 5) is 44.3. The van der Waals surface area contributed by atoms with Gasteiger partial charge in [-0.3, -0.25) is 19.4 Å². The molecule has 1 saturated heterocycles. The predicted molar refractivity (Wildman–Crippen MR) is 104 cm³/mol. The number of pyridine rings is 1. The van der Waals surface area contributed by atoms with Crippen molar-refractivity contribution in [1.82, 2.24) is 20.1 Å². The van der Waals surface area contributed by atoms with Crippen LogP contribution in [0.1, 0.15) is 11.3 Å². The Morgan fingerprint density at radius 2 is 1.46 bits per heavy atom. The number of amides is 3. The number of nitrogens with one attached hydrogen (secondary N) is 1. The standard InChI is InChI=1S/C21H24N4O3/c26-19(14-17-6-2-1-3-7-17)23-16-21(28)25-12-10-24(11-13-25)20(27)15-18-8-4-5-9-22-18/h1-9H,10-16H2,(H,23,26). The highest BCUT2D eigenvalue weighted by molar-refractivity contribution is 5.86. The number of benzene rings is 1. The molecule has 1 fully saturated rings. The molecule has 3 amide bonds. The van der Waals surface area contributed by atoms with Gasteiger partial charge in [-0.2, -0.15) is 0 Å². The second kappa shape index (κ2) is 9.64. The summed E-state index contributed by atoms with van der Waals surface area (Å²) >= 11 is 0. The van der Waals surface area contributed by atoms with Gasteiger partial charge in [0.1, 0.15) is 0 Å². The number of carbonyl (C=O) groups is 3. The number of aromatic nitrogens is 1. The van der Waals surface area contributed by atoms with E-state index in [-0.39, 0.29) is 37.1 Å². The average molecular weight is 380 g/mol. The normalized spacial score (nSPS) is 13.9. The van der Waals surface area contributed by atoms with Crippen molar-refractivity contribution in [3.05, 3.63) is 66.0 Å². The molecular formula is C21H24N4O3. The molecule has 0 saturated carbocycles. The van der Waals surface area contributed by atoms with Crippen molar-refractivity contribution in [3.8, 4) is 0 Å². The van der Waals surface area contributed by atoms with Crippen LogP contribution in [0.5, 0.6) is 0 Å². The van der Waals surface area contributed by atoms with Crippen LogP contribution in [0.25, 0.3) is 0 Å². The van der Waals surface area contributed by atoms with E-state index in [0.717, 1.165) is 11.3 Å². The van der Waals surface area contributed by atoms with E-state index in [1.165, 1.54) is 0 Å². The summed E-state index contributed by atoms with van der Waals surface area (Å²) < 4.78 is 0. The van der Waals surface area contributed by atoms with Crippen LogP contribution in [-0.2, 0) is 27.2 Å². The Morgan fingerprint density at radius 3 is 2.11 bits per heavy atom. The molecule has 2 aromatic rings. The lowest BCUT2D eigenvalue weighted by atomic mass is 10.1. The Labute approximate surface area is 164 Å². The third kappa shape index (κ3) is 5.64. The Morgan fingerprint density at radius 1 is 0.821 bits per heavy atom. The molecule has 7 heteroatoms. The lowest BCUT2D eigenvalue weighted by molar-refractivity contribution is -0.139. The number of nitrogens with zero attached hydrogens (tertiary/aromatic N) is 3. The summed E-state index contributed by atoms with van der Waals surface area (Å²) in [6, 6.07) is 14.9. The molecule has 0 unspecified atom stereocenters. The topological polar surface area (TPSA) is 82.6 Å². The Kier molecular flexibility index (Phi) is 6.73. The van der Waals surface area contributed by atoms with Crippen LogP contribution < -0.4 is 5.32 Å². The Bertz CT molecular complexity index is 803. The van der Waals surface area contributed by atoms with Crippen LogP contribution in [0.4, 0.5) is 0 Å². The molecule has 1 aliphatic rings. The molecule has 3 rings (SSSR count). The minimum Gasteiger partial charge on any atom is -0.347 e. The summed E-state index contributed by atoms with van der Waals surface area (Å²) in [5.41, 5.74) is 1.65. The third-order valence-electron chi connectivity index (χ3n) is 4.69. The summed E-state index contributed by atoms with van der Waals surface area (Å²) in [6.07, 6.45) is 2.19. The molecular weight excluding hydrogens is 356 g/mol. The molecule has 0 aliphatic carbocycles. The Hall–Kier alpha value is -3.22. The maximum absolute atomic E-state index is 12.4. The first kappa shape index (κ1) is 19.5. The van der Waals surface area contributed by atoms with Crippen molar-refractivity contribution in [2.45, 2.75) is 12.8 Å². The van der Waals surface area contributed by atoms with Gasteiger partial charge in [-0.05, 0) is 17.7 Å². The second-order valence-corrected chi connectivity index (χ2v) is 6.70. The van der Waals surface area contributed by atoms with Crippen molar-refractivity contribution in [2.75, 3.05) is 32.7 Å². The number of hydrogen-bond acceptors (Lipinski definition) is 4. The summed E-state index contributed by atoms with van der Waals surface area (Å²) in [5, 5.41) is 2.68. The van der Waals surface area contributed by atoms with E-state index in [0.29, 0.717) is 26.2 Å². The van der Waals surface area contributed by atoms with Gasteiger partial charge in [0.2, 0.25) is 17.7 Å². The van der Waals surface area contributed by atoms with Gasteiger partial charge in [-0.15, -0.1) is 0 Å². The zero-order chi connectivity index (χ0) is 19.8. The molecule has 28 heavy (non-hydrogen) atoms. The van der Waals surface area contributed by atoms with Crippen molar-refractivity contribution in [2.24, 2.45) is 0 Å². The van der Waals surface area contributed by atoms with E-state index < -0.39 is 0 Å². The number of carbonyl (C=O) groups excluding carboxylic acids is 3. The zero-order valence-corrected chi connectivity index (χ0v) is 15.7. The SMILES string of the molecule is O=C(Cc1ccccc1)NCC(=O)N1CCN(C(=O)Cc2ccccn2)CC1. The minimum absolute atomic E-state index is 0.0157. The van der Waals surface area contributed by atoms with Gasteiger partial charge in [0.05, 0.1) is 19.4 Å². The van der Waals surface area contributed by atoms with E-state index >= 15 is 0 Å². The summed E-state index contributed by atoms with van der Waals surface area (Å²) in [5.74, 6) is -0.288. The van der Waals surface area contributed by atoms with E-state index in [2.05, 4.69) is 10.3 Å². The van der Waals surface area contributed by atoms with Crippen LogP contribution >= 0.6 is 0 Å². The molecule has 1 aliphatic heterocycles. The highest BCUT2D eigenvalue weighted by Crippen LogP contribution is 2.06. The van der Waals surface area contributed by atoms with Gasteiger partial charge in [0, 0.05) is 38.1 Å². The van der Waals surface area contributed by atoms with Crippen LogP contribution in [-0.4, -0.2) is 65.2 Å². The lowest BCUT2D eigenvalue weighted by Crippen LogP contribution is -2.53. The van der Waals surface area contributed by atoms with Crippen LogP contribution in [0, 0.1) is 0 Å². The first-order chi connectivity index (χ1) is 13.6. The highest BCUT2D eigenvalue weighted by Gasteiger charge is 2.24. The molecule has 1 N–H and O–H groups in total.